The molecule has 2 saturated heterocycles. The molecule has 2 heterocycles. The zero-order valence-electron chi connectivity index (χ0n) is 12.7. The van der Waals surface area contributed by atoms with Crippen LogP contribution in [0.2, 0.25) is 0 Å². The Bertz CT molecular complexity index is 355. The molecular weight excluding hydrogens is 270 g/mol. The zero-order chi connectivity index (χ0) is 15.1. The number of nitrogens with zero attached hydrogens (tertiary/aromatic N) is 3. The molecule has 0 atom stereocenters. The lowest BCUT2D eigenvalue weighted by Gasteiger charge is -2.25. The van der Waals surface area contributed by atoms with Crippen molar-refractivity contribution in [3.05, 3.63) is 0 Å². The average Bonchev–Trinajstić information content (AvgIpc) is 2.81. The Labute approximate surface area is 126 Å². The number of nitrogens with one attached hydrogen (secondary N) is 1. The molecule has 7 heteroatoms. The number of amides is 2. The fourth-order valence-electron chi connectivity index (χ4n) is 2.95. The van der Waals surface area contributed by atoms with Crippen molar-refractivity contribution in [3.63, 3.8) is 0 Å². The summed E-state index contributed by atoms with van der Waals surface area (Å²) < 4.78 is 0. The van der Waals surface area contributed by atoms with Crippen LogP contribution >= 0.6 is 0 Å². The van der Waals surface area contributed by atoms with E-state index in [-0.39, 0.29) is 11.8 Å². The molecule has 0 radical (unpaired) electrons. The van der Waals surface area contributed by atoms with Crippen molar-refractivity contribution in [2.75, 3.05) is 65.4 Å². The van der Waals surface area contributed by atoms with Gasteiger partial charge in [0.05, 0.1) is 13.1 Å². The Hall–Kier alpha value is -1.18. The van der Waals surface area contributed by atoms with Crippen LogP contribution in [-0.4, -0.2) is 92.0 Å². The van der Waals surface area contributed by atoms with Gasteiger partial charge in [0.2, 0.25) is 11.8 Å². The molecule has 3 N–H and O–H groups in total. The van der Waals surface area contributed by atoms with E-state index < -0.39 is 0 Å². The highest BCUT2D eigenvalue weighted by Gasteiger charge is 2.21. The number of carbonyl (C=O) groups excluding carboxylic acids is 2. The van der Waals surface area contributed by atoms with E-state index in [0.29, 0.717) is 19.6 Å². The van der Waals surface area contributed by atoms with Crippen LogP contribution in [-0.2, 0) is 9.59 Å². The van der Waals surface area contributed by atoms with Crippen molar-refractivity contribution < 1.29 is 9.59 Å². The highest BCUT2D eigenvalue weighted by molar-refractivity contribution is 5.78. The Balaban J connectivity index is 1.78. The zero-order valence-corrected chi connectivity index (χ0v) is 12.7. The lowest BCUT2D eigenvalue weighted by atomic mass is 10.3. The summed E-state index contributed by atoms with van der Waals surface area (Å²) in [6.45, 7) is 7.76. The van der Waals surface area contributed by atoms with Crippen LogP contribution < -0.4 is 11.1 Å². The number of carbonyl (C=O) groups is 2. The van der Waals surface area contributed by atoms with E-state index in [1.54, 1.807) is 0 Å². The summed E-state index contributed by atoms with van der Waals surface area (Å²) in [5.41, 5.74) is 5.23. The van der Waals surface area contributed by atoms with Gasteiger partial charge in [-0.1, -0.05) is 0 Å². The number of hydrogen-bond donors (Lipinski definition) is 2. The van der Waals surface area contributed by atoms with Crippen LogP contribution in [0.5, 0.6) is 0 Å². The molecule has 7 nitrogen and oxygen atoms in total. The molecule has 0 saturated carbocycles. The van der Waals surface area contributed by atoms with Crippen molar-refractivity contribution in [3.8, 4) is 0 Å². The quantitative estimate of drug-likeness (QED) is 0.646. The standard InChI is InChI=1S/C14H27N5O2/c15-13(20)11-18-6-2-7-19(10-9-18)14(21)12-17-5-1-3-16-4-8-17/h16H,1-12H2,(H2,15,20). The largest absolute Gasteiger partial charge is 0.369 e. The summed E-state index contributed by atoms with van der Waals surface area (Å²) in [5, 5.41) is 3.35. The molecule has 0 spiro atoms. The smallest absolute Gasteiger partial charge is 0.236 e. The molecule has 0 aromatic rings. The first-order valence-electron chi connectivity index (χ1n) is 7.86. The molecule has 0 unspecified atom stereocenters. The monoisotopic (exact) mass is 297 g/mol. The van der Waals surface area contributed by atoms with Crippen LogP contribution in [0, 0.1) is 0 Å². The Morgan fingerprint density at radius 1 is 0.857 bits per heavy atom. The van der Waals surface area contributed by atoms with Gasteiger partial charge in [0, 0.05) is 39.3 Å². The van der Waals surface area contributed by atoms with Crippen LogP contribution in [0.25, 0.3) is 0 Å². The Kier molecular flexibility index (Phi) is 6.41. The third-order valence-electron chi connectivity index (χ3n) is 4.11. The maximum Gasteiger partial charge on any atom is 0.236 e. The first kappa shape index (κ1) is 16.2. The summed E-state index contributed by atoms with van der Waals surface area (Å²) in [6.07, 6.45) is 2.00. The summed E-state index contributed by atoms with van der Waals surface area (Å²) in [6, 6.07) is 0. The number of hydrogen-bond acceptors (Lipinski definition) is 5. The van der Waals surface area contributed by atoms with Gasteiger partial charge >= 0.3 is 0 Å². The van der Waals surface area contributed by atoms with Gasteiger partial charge in [0.15, 0.2) is 0 Å². The maximum absolute atomic E-state index is 12.4. The van der Waals surface area contributed by atoms with Crippen molar-refractivity contribution in [2.45, 2.75) is 12.8 Å². The van der Waals surface area contributed by atoms with Gasteiger partial charge in [-0.3, -0.25) is 19.4 Å². The maximum atomic E-state index is 12.4. The third kappa shape index (κ3) is 5.61. The van der Waals surface area contributed by atoms with E-state index in [1.165, 1.54) is 0 Å². The van der Waals surface area contributed by atoms with Crippen molar-refractivity contribution in [1.82, 2.24) is 20.0 Å². The van der Waals surface area contributed by atoms with Crippen LogP contribution in [0.4, 0.5) is 0 Å². The first-order chi connectivity index (χ1) is 10.1. The molecule has 2 fully saturated rings. The summed E-state index contributed by atoms with van der Waals surface area (Å²) in [5.74, 6) is -0.0929. The lowest BCUT2D eigenvalue weighted by Crippen LogP contribution is -2.43. The average molecular weight is 297 g/mol. The SMILES string of the molecule is NC(=O)CN1CCCN(C(=O)CN2CCCNCC2)CC1. The van der Waals surface area contributed by atoms with Gasteiger partial charge in [-0.25, -0.2) is 0 Å². The van der Waals surface area contributed by atoms with Gasteiger partial charge in [-0.15, -0.1) is 0 Å². The fourth-order valence-corrected chi connectivity index (χ4v) is 2.95. The van der Waals surface area contributed by atoms with E-state index >= 15 is 0 Å². The topological polar surface area (TPSA) is 81.9 Å². The summed E-state index contributed by atoms with van der Waals surface area (Å²) in [4.78, 5) is 29.6. The third-order valence-corrected chi connectivity index (χ3v) is 4.11. The molecular formula is C14H27N5O2. The predicted molar refractivity (Wildman–Crippen MR) is 80.8 cm³/mol. The molecule has 2 aliphatic heterocycles. The van der Waals surface area contributed by atoms with E-state index in [0.717, 1.165) is 58.7 Å². The normalized spacial score (nSPS) is 22.6. The van der Waals surface area contributed by atoms with Gasteiger partial charge in [0.1, 0.15) is 0 Å². The van der Waals surface area contributed by atoms with E-state index in [9.17, 15) is 9.59 Å². The van der Waals surface area contributed by atoms with Gasteiger partial charge in [-0.05, 0) is 25.9 Å². The lowest BCUT2D eigenvalue weighted by molar-refractivity contribution is -0.132. The number of rotatable bonds is 4. The predicted octanol–water partition coefficient (Wildman–Crippen LogP) is -1.70. The highest BCUT2D eigenvalue weighted by Crippen LogP contribution is 2.05. The van der Waals surface area contributed by atoms with Crippen LogP contribution in [0.15, 0.2) is 0 Å². The molecule has 120 valence electrons. The van der Waals surface area contributed by atoms with Gasteiger partial charge < -0.3 is 16.0 Å². The minimum atomic E-state index is -0.299. The van der Waals surface area contributed by atoms with Crippen LogP contribution in [0.1, 0.15) is 12.8 Å². The molecule has 0 aromatic heterocycles. The van der Waals surface area contributed by atoms with Crippen molar-refractivity contribution >= 4 is 11.8 Å². The van der Waals surface area contributed by atoms with Crippen molar-refractivity contribution in [1.29, 1.82) is 0 Å². The minimum absolute atomic E-state index is 0.206. The second-order valence-corrected chi connectivity index (χ2v) is 5.86. The van der Waals surface area contributed by atoms with E-state index in [1.807, 2.05) is 9.80 Å². The number of nitrogens with two attached hydrogens (primary N) is 1. The molecule has 21 heavy (non-hydrogen) atoms. The molecule has 0 bridgehead atoms. The van der Waals surface area contributed by atoms with E-state index in [2.05, 4.69) is 10.2 Å². The summed E-state index contributed by atoms with van der Waals surface area (Å²) >= 11 is 0. The minimum Gasteiger partial charge on any atom is -0.369 e. The van der Waals surface area contributed by atoms with Gasteiger partial charge in [-0.2, -0.15) is 0 Å². The second kappa shape index (κ2) is 8.31. The molecule has 0 aliphatic carbocycles. The molecule has 2 aliphatic rings. The second-order valence-electron chi connectivity index (χ2n) is 5.86. The fraction of sp³-hybridized carbons (Fsp3) is 0.857. The van der Waals surface area contributed by atoms with Crippen LogP contribution in [0.3, 0.4) is 0 Å². The van der Waals surface area contributed by atoms with Crippen molar-refractivity contribution in [2.24, 2.45) is 5.73 Å². The van der Waals surface area contributed by atoms with E-state index in [4.69, 9.17) is 5.73 Å². The molecule has 2 rings (SSSR count). The molecule has 2 amide bonds. The number of primary amides is 1. The first-order valence-corrected chi connectivity index (χ1v) is 7.86. The Morgan fingerprint density at radius 3 is 2.43 bits per heavy atom. The molecule has 0 aromatic carbocycles. The summed E-state index contributed by atoms with van der Waals surface area (Å²) in [7, 11) is 0. The Morgan fingerprint density at radius 2 is 1.62 bits per heavy atom. The highest BCUT2D eigenvalue weighted by atomic mass is 16.2. The van der Waals surface area contributed by atoms with Gasteiger partial charge in [0.25, 0.3) is 0 Å².